The molecule has 2 rings (SSSR count). The van der Waals surface area contributed by atoms with Crippen LogP contribution in [0.2, 0.25) is 1.41 Å². The van der Waals surface area contributed by atoms with E-state index in [1.165, 1.54) is 6.07 Å². The van der Waals surface area contributed by atoms with Crippen LogP contribution in [-0.4, -0.2) is 19.8 Å². The van der Waals surface area contributed by atoms with Crippen LogP contribution in [0, 0.1) is 0 Å². The molecule has 1 atom stereocenters. The molecule has 0 radical (unpaired) electrons. The van der Waals surface area contributed by atoms with Gasteiger partial charge in [0.2, 0.25) is 6.75 Å². The smallest absolute Gasteiger partial charge is 0.231 e. The first-order chi connectivity index (χ1) is 11.1. The van der Waals surface area contributed by atoms with Gasteiger partial charge >= 0.3 is 0 Å². The molecule has 3 heteroatoms. The SMILES string of the molecule is [2H]N(C(C([2H])([2H])[2H])C([2H])([2H])c1ccc2c(c1)OC([2H])([2H])O2)C([2H])([2H])[2H]. The number of nitrogens with one attached hydrogen (secondary N) is 1. The lowest BCUT2D eigenvalue weighted by Crippen LogP contribution is -2.23. The van der Waals surface area contributed by atoms with Crippen molar-refractivity contribution in [2.45, 2.75) is 19.3 Å². The molecule has 0 saturated heterocycles. The molecule has 14 heavy (non-hydrogen) atoms. The summed E-state index contributed by atoms with van der Waals surface area (Å²) >= 11 is 0. The molecule has 1 aliphatic heterocycles. The maximum Gasteiger partial charge on any atom is 0.231 e. The van der Waals surface area contributed by atoms with E-state index in [9.17, 15) is 0 Å². The number of ether oxygens (including phenoxy) is 2. The van der Waals surface area contributed by atoms with Gasteiger partial charge in [0.05, 0.1) is 0 Å². The molecule has 0 amide bonds. The molecule has 0 aliphatic carbocycles. The van der Waals surface area contributed by atoms with E-state index >= 15 is 0 Å². The molecule has 76 valence electrons. The van der Waals surface area contributed by atoms with Crippen LogP contribution in [-0.2, 0) is 6.37 Å². The van der Waals surface area contributed by atoms with Crippen molar-refractivity contribution in [1.29, 1.82) is 0 Å². The summed E-state index contributed by atoms with van der Waals surface area (Å²) in [7, 11) is 0. The summed E-state index contributed by atoms with van der Waals surface area (Å²) in [6, 6.07) is 1.06. The van der Waals surface area contributed by atoms with Crippen molar-refractivity contribution in [2.75, 3.05) is 13.7 Å². The lowest BCUT2D eigenvalue weighted by molar-refractivity contribution is 0.174. The minimum Gasteiger partial charge on any atom is -0.454 e. The van der Waals surface area contributed by atoms with E-state index in [0.717, 1.165) is 12.1 Å². The number of likely N-dealkylation sites (N-methyl/N-ethyl adjacent to an activating group) is 1. The monoisotopic (exact) mass is 204 g/mol. The molecular formula is C11H15NO2. The Balaban J connectivity index is 2.48. The van der Waals surface area contributed by atoms with Gasteiger partial charge in [0, 0.05) is 17.0 Å². The molecule has 1 aromatic carbocycles. The molecule has 1 aliphatic rings. The Morgan fingerprint density at radius 3 is 3.50 bits per heavy atom. The third-order valence-electron chi connectivity index (χ3n) is 1.68. The van der Waals surface area contributed by atoms with Crippen LogP contribution < -0.4 is 14.8 Å². The highest BCUT2D eigenvalue weighted by Gasteiger charge is 2.13. The van der Waals surface area contributed by atoms with Crippen LogP contribution >= 0.6 is 0 Å². The van der Waals surface area contributed by atoms with Crippen molar-refractivity contribution in [1.82, 2.24) is 5.31 Å². The van der Waals surface area contributed by atoms with Gasteiger partial charge in [-0.15, -0.1) is 0 Å². The van der Waals surface area contributed by atoms with Crippen LogP contribution in [0.4, 0.5) is 0 Å². The molecule has 1 unspecified atom stereocenters. The molecule has 1 heterocycles. The Morgan fingerprint density at radius 1 is 1.71 bits per heavy atom. The second kappa shape index (κ2) is 3.88. The van der Waals surface area contributed by atoms with Crippen LogP contribution in [0.5, 0.6) is 11.5 Å². The van der Waals surface area contributed by atoms with Crippen LogP contribution in [0.25, 0.3) is 0 Å². The predicted molar refractivity (Wildman–Crippen MR) is 54.8 cm³/mol. The lowest BCUT2D eigenvalue weighted by atomic mass is 10.1. The minimum atomic E-state index is -3.15. The lowest BCUT2D eigenvalue weighted by Gasteiger charge is -2.09. The Kier molecular flexibility index (Phi) is 0.801. The third-order valence-corrected chi connectivity index (χ3v) is 1.68. The predicted octanol–water partition coefficient (Wildman–Crippen LogP) is 1.57. The minimum absolute atomic E-state index is 0.00599. The van der Waals surface area contributed by atoms with Crippen molar-refractivity contribution in [2.24, 2.45) is 0 Å². The normalized spacial score (nSPS) is 33.9. The Labute approximate surface area is 99.5 Å². The average Bonchev–Trinajstić information content (AvgIpc) is 2.68. The van der Waals surface area contributed by atoms with Crippen molar-refractivity contribution in [3.63, 3.8) is 0 Å². The second-order valence-electron chi connectivity index (χ2n) is 2.62. The highest BCUT2D eigenvalue weighted by atomic mass is 16.7. The van der Waals surface area contributed by atoms with E-state index in [1.807, 2.05) is 0 Å². The zero-order valence-corrected chi connectivity index (χ0v) is 7.07. The molecule has 0 aromatic heterocycles. The quantitative estimate of drug-likeness (QED) is 0.810. The van der Waals surface area contributed by atoms with E-state index in [-0.39, 0.29) is 22.4 Å². The molecule has 0 fully saturated rings. The Bertz CT molecular complexity index is 654. The van der Waals surface area contributed by atoms with Gasteiger partial charge < -0.3 is 14.8 Å². The summed E-state index contributed by atoms with van der Waals surface area (Å²) in [6.45, 7) is -8.72. The molecule has 1 N–H and O–H groups in total. The Morgan fingerprint density at radius 2 is 2.64 bits per heavy atom. The largest absolute Gasteiger partial charge is 0.454 e. The molecule has 3 nitrogen and oxygen atoms in total. The molecular weight excluding hydrogens is 178 g/mol. The molecule has 0 saturated carbocycles. The number of rotatable bonds is 3. The zero-order valence-electron chi connectivity index (χ0n) is 18.1. The fourth-order valence-electron chi connectivity index (χ4n) is 1.06. The van der Waals surface area contributed by atoms with Gasteiger partial charge in [-0.2, -0.15) is 0 Å². The van der Waals surface area contributed by atoms with Gasteiger partial charge in [-0.1, -0.05) is 6.07 Å². The average molecular weight is 204 g/mol. The molecule has 1 aromatic rings. The molecule has 0 spiro atoms. The summed E-state index contributed by atoms with van der Waals surface area (Å²) in [4.78, 5) is 0. The van der Waals surface area contributed by atoms with Crippen molar-refractivity contribution < 1.29 is 24.6 Å². The maximum atomic E-state index is 8.16. The van der Waals surface area contributed by atoms with Gasteiger partial charge in [-0.25, -0.2) is 0 Å². The van der Waals surface area contributed by atoms with E-state index in [2.05, 4.69) is 0 Å². The fourth-order valence-corrected chi connectivity index (χ4v) is 1.06. The summed E-state index contributed by atoms with van der Waals surface area (Å²) in [5.74, 6) is -0.158. The van der Waals surface area contributed by atoms with Gasteiger partial charge in [-0.05, 0) is 37.9 Å². The van der Waals surface area contributed by atoms with E-state index in [1.54, 1.807) is 0 Å². The second-order valence-corrected chi connectivity index (χ2v) is 2.62. The number of fused-ring (bicyclic) bond motifs is 1. The number of hydrogen-bond donors (Lipinski definition) is 1. The van der Waals surface area contributed by atoms with Gasteiger partial charge in [-0.3, -0.25) is 0 Å². The van der Waals surface area contributed by atoms with Crippen LogP contribution in [0.3, 0.4) is 0 Å². The number of benzene rings is 1. The molecule has 0 bridgehead atoms. The van der Waals surface area contributed by atoms with Crippen molar-refractivity contribution in [3.05, 3.63) is 23.8 Å². The van der Waals surface area contributed by atoms with Crippen molar-refractivity contribution >= 4 is 0 Å². The first-order valence-electron chi connectivity index (χ1n) is 9.31. The third kappa shape index (κ3) is 1.82. The van der Waals surface area contributed by atoms with Crippen molar-refractivity contribution in [3.8, 4) is 11.5 Å². The fraction of sp³-hybridized carbons (Fsp3) is 0.455. The van der Waals surface area contributed by atoms with E-state index in [4.69, 9.17) is 24.6 Å². The Hall–Kier alpha value is -1.22. The van der Waals surface area contributed by atoms with E-state index < -0.39 is 33.0 Å². The number of hydrogen-bond acceptors (Lipinski definition) is 3. The van der Waals surface area contributed by atoms with Gasteiger partial charge in [0.15, 0.2) is 11.5 Å². The summed E-state index contributed by atoms with van der Waals surface area (Å²) < 4.78 is 92.5. The summed E-state index contributed by atoms with van der Waals surface area (Å²) in [6.07, 6.45) is -2.78. The maximum absolute atomic E-state index is 8.16. The summed E-state index contributed by atoms with van der Waals surface area (Å²) in [5.41, 5.74) is -0.282. The van der Waals surface area contributed by atoms with Crippen LogP contribution in [0.15, 0.2) is 18.2 Å². The highest BCUT2D eigenvalue weighted by Crippen LogP contribution is 2.32. The van der Waals surface area contributed by atoms with Crippen LogP contribution in [0.1, 0.15) is 26.1 Å². The van der Waals surface area contributed by atoms with Gasteiger partial charge in [0.1, 0.15) is 4.15 Å². The zero-order chi connectivity index (χ0) is 19.4. The summed E-state index contributed by atoms with van der Waals surface area (Å²) in [5, 5.41) is -0.246. The van der Waals surface area contributed by atoms with E-state index in [0.29, 0.717) is 0 Å². The highest BCUT2D eigenvalue weighted by molar-refractivity contribution is 5.44. The first kappa shape index (κ1) is 2.89. The van der Waals surface area contributed by atoms with Gasteiger partial charge in [0.25, 0.3) is 0 Å². The standard InChI is InChI=1S/C11H15NO2/c1-8(12-2)5-9-3-4-10-11(6-9)14-7-13-10/h3-4,6,8,12H,5,7H2,1-2H3/i1D3,2D3,5D2,7D2/hD. The topological polar surface area (TPSA) is 30.5 Å². The first-order valence-corrected chi connectivity index (χ1v) is 3.86.